The summed E-state index contributed by atoms with van der Waals surface area (Å²) in [6, 6.07) is 1.66. The molecular weight excluding hydrogens is 142 g/mol. The molecule has 3 N–H and O–H groups in total. The summed E-state index contributed by atoms with van der Waals surface area (Å²) in [5.74, 6) is 0. The average molecular weight is 155 g/mol. The van der Waals surface area contributed by atoms with Gasteiger partial charge in [-0.25, -0.2) is 0 Å². The molecule has 1 rings (SSSR count). The van der Waals surface area contributed by atoms with Crippen molar-refractivity contribution in [3.63, 3.8) is 0 Å². The van der Waals surface area contributed by atoms with Gasteiger partial charge >= 0.3 is 0 Å². The van der Waals surface area contributed by atoms with Crippen LogP contribution in [0, 0.1) is 0 Å². The lowest BCUT2D eigenvalue weighted by Crippen LogP contribution is -2.18. The van der Waals surface area contributed by atoms with Crippen molar-refractivity contribution >= 4 is 0 Å². The molecule has 1 heterocycles. The molecule has 0 radical (unpaired) electrons. The van der Waals surface area contributed by atoms with Crippen LogP contribution in [0.5, 0.6) is 0 Å². The van der Waals surface area contributed by atoms with Crippen LogP contribution in [-0.2, 0) is 13.5 Å². The fourth-order valence-corrected chi connectivity index (χ4v) is 1.00. The van der Waals surface area contributed by atoms with Crippen LogP contribution in [0.1, 0.15) is 12.6 Å². The van der Waals surface area contributed by atoms with Crippen LogP contribution < -0.4 is 11.3 Å². The first-order valence-electron chi connectivity index (χ1n) is 3.60. The Bertz CT molecular complexity index is 284. The fraction of sp³-hybridized carbons (Fsp3) is 0.571. The smallest absolute Gasteiger partial charge is 0.266 e. The molecule has 0 aromatic carbocycles. The Morgan fingerprint density at radius 2 is 2.45 bits per heavy atom. The number of rotatable bonds is 2. The monoisotopic (exact) mass is 155 g/mol. The van der Waals surface area contributed by atoms with E-state index in [2.05, 4.69) is 5.10 Å². The minimum Gasteiger partial charge on any atom is -0.328 e. The van der Waals surface area contributed by atoms with Gasteiger partial charge in [0.2, 0.25) is 0 Å². The molecule has 1 unspecified atom stereocenters. The molecule has 62 valence electrons. The molecule has 0 bridgehead atoms. The van der Waals surface area contributed by atoms with Crippen molar-refractivity contribution in [2.24, 2.45) is 12.8 Å². The number of nitrogens with zero attached hydrogens (tertiary/aromatic N) is 1. The Kier molecular flexibility index (Phi) is 2.14. The van der Waals surface area contributed by atoms with Crippen molar-refractivity contribution in [1.82, 2.24) is 9.78 Å². The lowest BCUT2D eigenvalue weighted by Gasteiger charge is -2.00. The van der Waals surface area contributed by atoms with E-state index in [1.54, 1.807) is 13.1 Å². The number of aromatic nitrogens is 2. The largest absolute Gasteiger partial charge is 0.328 e. The number of aryl methyl sites for hydroxylation is 1. The summed E-state index contributed by atoms with van der Waals surface area (Å²) in [4.78, 5) is 10.9. The highest BCUT2D eigenvalue weighted by Crippen LogP contribution is 1.93. The zero-order chi connectivity index (χ0) is 8.43. The first kappa shape index (κ1) is 8.07. The van der Waals surface area contributed by atoms with Crippen LogP contribution in [0.15, 0.2) is 10.9 Å². The zero-order valence-corrected chi connectivity index (χ0v) is 6.79. The summed E-state index contributed by atoms with van der Waals surface area (Å²) < 4.78 is 1.44. The molecular formula is C7H13N3O. The van der Waals surface area contributed by atoms with E-state index in [1.807, 2.05) is 6.92 Å². The summed E-state index contributed by atoms with van der Waals surface area (Å²) >= 11 is 0. The Morgan fingerprint density at radius 3 is 2.82 bits per heavy atom. The van der Waals surface area contributed by atoms with Gasteiger partial charge in [-0.05, 0) is 6.92 Å². The van der Waals surface area contributed by atoms with Gasteiger partial charge in [-0.2, -0.15) is 0 Å². The van der Waals surface area contributed by atoms with E-state index < -0.39 is 0 Å². The highest BCUT2D eigenvalue weighted by molar-refractivity contribution is 5.00. The van der Waals surface area contributed by atoms with Crippen LogP contribution >= 0.6 is 0 Å². The predicted molar refractivity (Wildman–Crippen MR) is 43.4 cm³/mol. The SMILES string of the molecule is CC(N)Cc1cc(=O)n(C)[nH]1. The van der Waals surface area contributed by atoms with Gasteiger partial charge in [0.1, 0.15) is 0 Å². The molecule has 0 aliphatic heterocycles. The minimum atomic E-state index is -0.0133. The van der Waals surface area contributed by atoms with Gasteiger partial charge in [0, 0.05) is 31.3 Å². The van der Waals surface area contributed by atoms with Gasteiger partial charge < -0.3 is 5.73 Å². The Balaban J connectivity index is 2.81. The van der Waals surface area contributed by atoms with E-state index in [9.17, 15) is 4.79 Å². The molecule has 4 nitrogen and oxygen atoms in total. The number of hydrogen-bond acceptors (Lipinski definition) is 2. The average Bonchev–Trinajstić information content (AvgIpc) is 2.10. The zero-order valence-electron chi connectivity index (χ0n) is 6.79. The molecule has 0 fully saturated rings. The maximum absolute atomic E-state index is 10.9. The molecule has 1 aromatic heterocycles. The van der Waals surface area contributed by atoms with Gasteiger partial charge in [-0.15, -0.1) is 0 Å². The van der Waals surface area contributed by atoms with Crippen molar-refractivity contribution in [3.8, 4) is 0 Å². The molecule has 4 heteroatoms. The van der Waals surface area contributed by atoms with Crippen molar-refractivity contribution in [1.29, 1.82) is 0 Å². The third kappa shape index (κ3) is 1.94. The van der Waals surface area contributed by atoms with E-state index in [0.29, 0.717) is 0 Å². The molecule has 0 saturated carbocycles. The molecule has 0 aliphatic rings. The van der Waals surface area contributed by atoms with Gasteiger partial charge in [0.15, 0.2) is 0 Å². The topological polar surface area (TPSA) is 63.8 Å². The molecule has 0 saturated heterocycles. The summed E-state index contributed by atoms with van der Waals surface area (Å²) in [6.45, 7) is 1.91. The second-order valence-electron chi connectivity index (χ2n) is 2.86. The van der Waals surface area contributed by atoms with Crippen molar-refractivity contribution in [2.45, 2.75) is 19.4 Å². The van der Waals surface area contributed by atoms with E-state index >= 15 is 0 Å². The number of H-pyrrole nitrogens is 1. The number of nitrogens with two attached hydrogens (primary N) is 1. The van der Waals surface area contributed by atoms with Gasteiger partial charge in [0.05, 0.1) is 0 Å². The van der Waals surface area contributed by atoms with Gasteiger partial charge in [0.25, 0.3) is 5.56 Å². The number of nitrogens with one attached hydrogen (secondary N) is 1. The van der Waals surface area contributed by atoms with E-state index in [4.69, 9.17) is 5.73 Å². The lowest BCUT2D eigenvalue weighted by molar-refractivity contribution is 0.678. The van der Waals surface area contributed by atoms with Gasteiger partial charge in [-0.3, -0.25) is 14.6 Å². The highest BCUT2D eigenvalue weighted by atomic mass is 16.1. The molecule has 0 amide bonds. The summed E-state index contributed by atoms with van der Waals surface area (Å²) in [6.07, 6.45) is 0.718. The minimum absolute atomic E-state index is 0.0133. The summed E-state index contributed by atoms with van der Waals surface area (Å²) in [5.41, 5.74) is 6.44. The van der Waals surface area contributed by atoms with Crippen LogP contribution in [0.2, 0.25) is 0 Å². The Hall–Kier alpha value is -1.03. The van der Waals surface area contributed by atoms with Gasteiger partial charge in [-0.1, -0.05) is 0 Å². The molecule has 0 spiro atoms. The molecule has 0 aliphatic carbocycles. The van der Waals surface area contributed by atoms with Crippen LogP contribution in [0.3, 0.4) is 0 Å². The third-order valence-electron chi connectivity index (χ3n) is 1.48. The highest BCUT2D eigenvalue weighted by Gasteiger charge is 2.01. The first-order chi connectivity index (χ1) is 5.09. The van der Waals surface area contributed by atoms with E-state index in [1.165, 1.54) is 4.68 Å². The second kappa shape index (κ2) is 2.92. The third-order valence-corrected chi connectivity index (χ3v) is 1.48. The molecule has 1 aromatic rings. The standard InChI is InChI=1S/C7H13N3O/c1-5(8)3-6-4-7(11)10(2)9-6/h4-5,9H,3,8H2,1-2H3. The van der Waals surface area contributed by atoms with Crippen molar-refractivity contribution < 1.29 is 0 Å². The van der Waals surface area contributed by atoms with Crippen molar-refractivity contribution in [3.05, 3.63) is 22.1 Å². The maximum Gasteiger partial charge on any atom is 0.266 e. The summed E-state index contributed by atoms with van der Waals surface area (Å²) in [7, 11) is 1.69. The Labute approximate surface area is 65.0 Å². The fourth-order valence-electron chi connectivity index (χ4n) is 1.00. The normalized spacial score (nSPS) is 13.4. The molecule has 1 atom stereocenters. The number of aromatic amines is 1. The van der Waals surface area contributed by atoms with E-state index in [0.717, 1.165) is 12.1 Å². The van der Waals surface area contributed by atoms with Crippen LogP contribution in [0.4, 0.5) is 0 Å². The second-order valence-corrected chi connectivity index (χ2v) is 2.86. The Morgan fingerprint density at radius 1 is 1.82 bits per heavy atom. The van der Waals surface area contributed by atoms with Crippen molar-refractivity contribution in [2.75, 3.05) is 0 Å². The maximum atomic E-state index is 10.9. The van der Waals surface area contributed by atoms with E-state index in [-0.39, 0.29) is 11.6 Å². The number of hydrogen-bond donors (Lipinski definition) is 2. The lowest BCUT2D eigenvalue weighted by atomic mass is 10.2. The van der Waals surface area contributed by atoms with Crippen LogP contribution in [-0.4, -0.2) is 15.8 Å². The first-order valence-corrected chi connectivity index (χ1v) is 3.60. The predicted octanol–water partition coefficient (Wildman–Crippen LogP) is -0.397. The van der Waals surface area contributed by atoms with Crippen LogP contribution in [0.25, 0.3) is 0 Å². The molecule has 11 heavy (non-hydrogen) atoms. The summed E-state index contributed by atoms with van der Waals surface area (Å²) in [5, 5.41) is 2.90. The quantitative estimate of drug-likeness (QED) is 0.610.